The van der Waals surface area contributed by atoms with E-state index in [0.29, 0.717) is 12.8 Å². The van der Waals surface area contributed by atoms with Crippen molar-refractivity contribution in [2.45, 2.75) is 31.7 Å². The van der Waals surface area contributed by atoms with Gasteiger partial charge in [-0.1, -0.05) is 6.42 Å². The van der Waals surface area contributed by atoms with E-state index in [1.165, 1.54) is 0 Å². The highest BCUT2D eigenvalue weighted by Gasteiger charge is 2.30. The molecule has 1 heterocycles. The molecule has 12 heavy (non-hydrogen) atoms. The molecule has 0 aromatic rings. The van der Waals surface area contributed by atoms with Crippen LogP contribution in [0.5, 0.6) is 0 Å². The summed E-state index contributed by atoms with van der Waals surface area (Å²) in [6.45, 7) is 0. The van der Waals surface area contributed by atoms with Crippen LogP contribution in [-0.4, -0.2) is 27.4 Å². The van der Waals surface area contributed by atoms with Crippen LogP contribution >= 0.6 is 11.8 Å². The maximum atomic E-state index is 11.1. The van der Waals surface area contributed by atoms with E-state index in [1.807, 2.05) is 0 Å². The Bertz CT molecular complexity index is 207. The van der Waals surface area contributed by atoms with Crippen molar-refractivity contribution in [2.24, 2.45) is 0 Å². The van der Waals surface area contributed by atoms with Gasteiger partial charge in [-0.05, 0) is 12.8 Å². The molecule has 1 saturated heterocycles. The Labute approximate surface area is 75.2 Å². The van der Waals surface area contributed by atoms with Crippen molar-refractivity contribution in [1.29, 1.82) is 0 Å². The maximum absolute atomic E-state index is 11.1. The zero-order chi connectivity index (χ0) is 9.14. The number of aliphatic carboxylic acids is 1. The molecule has 1 amide bonds. The van der Waals surface area contributed by atoms with Gasteiger partial charge in [-0.3, -0.25) is 4.79 Å². The lowest BCUT2D eigenvalue weighted by Crippen LogP contribution is -2.37. The van der Waals surface area contributed by atoms with Gasteiger partial charge < -0.3 is 5.11 Å². The minimum absolute atomic E-state index is 0.290. The molecule has 1 fully saturated rings. The fraction of sp³-hybridized carbons (Fsp3) is 0.714. The predicted molar refractivity (Wildman–Crippen MR) is 42.6 cm³/mol. The van der Waals surface area contributed by atoms with Crippen molar-refractivity contribution in [3.05, 3.63) is 0 Å². The van der Waals surface area contributed by atoms with E-state index in [0.717, 1.165) is 17.3 Å². The van der Waals surface area contributed by atoms with Crippen molar-refractivity contribution >= 4 is 23.7 Å². The smallest absolute Gasteiger partial charge is 0.327 e. The van der Waals surface area contributed by atoms with Crippen LogP contribution in [0.25, 0.3) is 0 Å². The van der Waals surface area contributed by atoms with Crippen molar-refractivity contribution in [2.75, 3.05) is 0 Å². The standard InChI is InChI=1S/C7H10ClNO3/c8-9-5(7(11)12)3-1-2-4-6(9)10/h5H,1-4H2,(H,11,12). The minimum Gasteiger partial charge on any atom is -0.480 e. The quantitative estimate of drug-likeness (QED) is 0.629. The summed E-state index contributed by atoms with van der Waals surface area (Å²) in [6.07, 6.45) is 2.27. The van der Waals surface area contributed by atoms with Crippen LogP contribution in [0.3, 0.4) is 0 Å². The van der Waals surface area contributed by atoms with Crippen molar-refractivity contribution in [3.8, 4) is 0 Å². The molecular weight excluding hydrogens is 182 g/mol. The highest BCUT2D eigenvalue weighted by Crippen LogP contribution is 2.19. The first-order valence-corrected chi connectivity index (χ1v) is 4.17. The minimum atomic E-state index is -1.03. The second kappa shape index (κ2) is 3.76. The molecule has 0 saturated carbocycles. The van der Waals surface area contributed by atoms with Gasteiger partial charge in [0.2, 0.25) is 5.91 Å². The zero-order valence-electron chi connectivity index (χ0n) is 6.49. The molecule has 5 heteroatoms. The molecule has 0 aromatic heterocycles. The summed E-state index contributed by atoms with van der Waals surface area (Å²) < 4.78 is 0.815. The zero-order valence-corrected chi connectivity index (χ0v) is 7.25. The summed E-state index contributed by atoms with van der Waals surface area (Å²) in [5.74, 6) is -1.32. The van der Waals surface area contributed by atoms with Crippen molar-refractivity contribution in [1.82, 2.24) is 4.42 Å². The molecule has 0 radical (unpaired) electrons. The third kappa shape index (κ3) is 1.88. The first kappa shape index (κ1) is 9.32. The predicted octanol–water partition coefficient (Wildman–Crippen LogP) is 0.996. The lowest BCUT2D eigenvalue weighted by atomic mass is 10.1. The Morgan fingerprint density at radius 1 is 1.58 bits per heavy atom. The largest absolute Gasteiger partial charge is 0.480 e. The summed E-state index contributed by atoms with van der Waals surface area (Å²) in [6, 6.07) is -0.846. The van der Waals surface area contributed by atoms with E-state index in [2.05, 4.69) is 0 Å². The molecule has 0 aromatic carbocycles. The Kier molecular flexibility index (Phi) is 2.92. The first-order chi connectivity index (χ1) is 5.63. The summed E-state index contributed by atoms with van der Waals surface area (Å²) >= 11 is 5.54. The van der Waals surface area contributed by atoms with E-state index in [-0.39, 0.29) is 5.91 Å². The molecule has 1 rings (SSSR count). The van der Waals surface area contributed by atoms with Gasteiger partial charge in [-0.2, -0.15) is 0 Å². The number of nitrogens with zero attached hydrogens (tertiary/aromatic N) is 1. The van der Waals surface area contributed by atoms with Gasteiger partial charge in [0.05, 0.1) is 0 Å². The summed E-state index contributed by atoms with van der Waals surface area (Å²) in [4.78, 5) is 21.6. The van der Waals surface area contributed by atoms with E-state index in [9.17, 15) is 9.59 Å². The van der Waals surface area contributed by atoms with E-state index in [1.54, 1.807) is 0 Å². The average molecular weight is 192 g/mol. The van der Waals surface area contributed by atoms with Crippen molar-refractivity contribution < 1.29 is 14.7 Å². The second-order valence-corrected chi connectivity index (χ2v) is 3.17. The van der Waals surface area contributed by atoms with Crippen LogP contribution in [0.2, 0.25) is 0 Å². The van der Waals surface area contributed by atoms with E-state index >= 15 is 0 Å². The molecule has 0 spiro atoms. The van der Waals surface area contributed by atoms with Crippen LogP contribution in [0.15, 0.2) is 0 Å². The lowest BCUT2D eigenvalue weighted by Gasteiger charge is -2.17. The summed E-state index contributed by atoms with van der Waals surface area (Å²) in [7, 11) is 0. The second-order valence-electron chi connectivity index (χ2n) is 2.80. The number of carbonyl (C=O) groups is 2. The highest BCUT2D eigenvalue weighted by atomic mass is 35.5. The Morgan fingerprint density at radius 2 is 2.25 bits per heavy atom. The molecule has 0 bridgehead atoms. The number of hydrogen-bond donors (Lipinski definition) is 1. The molecule has 0 aliphatic carbocycles. The van der Waals surface area contributed by atoms with Gasteiger partial charge in [0.25, 0.3) is 0 Å². The molecule has 1 aliphatic rings. The number of halogens is 1. The van der Waals surface area contributed by atoms with Crippen LogP contribution in [0.1, 0.15) is 25.7 Å². The normalized spacial score (nSPS) is 25.2. The number of carboxylic acid groups (broad SMARTS) is 1. The average Bonchev–Trinajstić information content (AvgIpc) is 2.15. The fourth-order valence-corrected chi connectivity index (χ4v) is 1.49. The molecular formula is C7H10ClNO3. The first-order valence-electron chi connectivity index (χ1n) is 3.83. The van der Waals surface area contributed by atoms with Crippen LogP contribution in [0, 0.1) is 0 Å². The summed E-state index contributed by atoms with van der Waals surface area (Å²) in [5, 5.41) is 8.67. The third-order valence-corrected chi connectivity index (χ3v) is 2.34. The SMILES string of the molecule is O=C(O)C1CCCCC(=O)N1Cl. The molecule has 68 valence electrons. The number of carboxylic acids is 1. The Hall–Kier alpha value is -0.770. The molecule has 1 N–H and O–H groups in total. The Balaban J connectivity index is 2.70. The maximum Gasteiger partial charge on any atom is 0.327 e. The van der Waals surface area contributed by atoms with E-state index in [4.69, 9.17) is 16.9 Å². The topological polar surface area (TPSA) is 57.6 Å². The van der Waals surface area contributed by atoms with Gasteiger partial charge in [0, 0.05) is 18.2 Å². The fourth-order valence-electron chi connectivity index (χ4n) is 1.23. The monoisotopic (exact) mass is 191 g/mol. The van der Waals surface area contributed by atoms with Crippen molar-refractivity contribution in [3.63, 3.8) is 0 Å². The van der Waals surface area contributed by atoms with Gasteiger partial charge >= 0.3 is 5.97 Å². The van der Waals surface area contributed by atoms with E-state index < -0.39 is 12.0 Å². The van der Waals surface area contributed by atoms with Crippen LogP contribution < -0.4 is 0 Å². The molecule has 1 unspecified atom stereocenters. The highest BCUT2D eigenvalue weighted by molar-refractivity contribution is 6.22. The molecule has 4 nitrogen and oxygen atoms in total. The molecule has 1 atom stereocenters. The number of amides is 1. The third-order valence-electron chi connectivity index (χ3n) is 1.92. The van der Waals surface area contributed by atoms with Crippen LogP contribution in [-0.2, 0) is 9.59 Å². The number of hydrogen-bond acceptors (Lipinski definition) is 2. The summed E-state index contributed by atoms with van der Waals surface area (Å²) in [5.41, 5.74) is 0. The van der Waals surface area contributed by atoms with Crippen LogP contribution in [0.4, 0.5) is 0 Å². The van der Waals surface area contributed by atoms with Gasteiger partial charge in [0.15, 0.2) is 0 Å². The number of carbonyl (C=O) groups excluding carboxylic acids is 1. The number of rotatable bonds is 1. The van der Waals surface area contributed by atoms with Gasteiger partial charge in [-0.25, -0.2) is 9.21 Å². The lowest BCUT2D eigenvalue weighted by molar-refractivity contribution is -0.145. The van der Waals surface area contributed by atoms with Gasteiger partial charge in [-0.15, -0.1) is 0 Å². The Morgan fingerprint density at radius 3 is 2.83 bits per heavy atom. The molecule has 1 aliphatic heterocycles. The van der Waals surface area contributed by atoms with Gasteiger partial charge in [0.1, 0.15) is 6.04 Å².